The summed E-state index contributed by atoms with van der Waals surface area (Å²) in [4.78, 5) is 29.7. The number of nitrogens with one attached hydrogen (secondary N) is 1. The molecule has 0 aliphatic carbocycles. The van der Waals surface area contributed by atoms with Crippen molar-refractivity contribution in [2.45, 2.75) is 30.6 Å². The number of hydrogen-bond donors (Lipinski definition) is 1. The van der Waals surface area contributed by atoms with E-state index in [-0.39, 0.29) is 35.7 Å². The molecule has 152 valence electrons. The van der Waals surface area contributed by atoms with E-state index in [1.165, 1.54) is 33.7 Å². The van der Waals surface area contributed by atoms with Gasteiger partial charge in [-0.05, 0) is 30.4 Å². The van der Waals surface area contributed by atoms with Crippen LogP contribution in [0.2, 0.25) is 0 Å². The number of carbonyl (C=O) groups is 1. The van der Waals surface area contributed by atoms with Crippen LogP contribution in [0.1, 0.15) is 18.4 Å². The summed E-state index contributed by atoms with van der Waals surface area (Å²) in [6.07, 6.45) is 2.04. The van der Waals surface area contributed by atoms with Crippen LogP contribution in [0.25, 0.3) is 10.2 Å². The number of nitrogens with zero attached hydrogens (tertiary/aromatic N) is 2. The fourth-order valence-corrected chi connectivity index (χ4v) is 4.79. The molecule has 3 aromatic rings. The zero-order valence-electron chi connectivity index (χ0n) is 15.6. The summed E-state index contributed by atoms with van der Waals surface area (Å²) >= 11 is 2.48. The maximum Gasteiger partial charge on any atom is 0.272 e. The van der Waals surface area contributed by atoms with Crippen molar-refractivity contribution < 1.29 is 13.9 Å². The highest BCUT2D eigenvalue weighted by Gasteiger charge is 2.18. The highest BCUT2D eigenvalue weighted by Crippen LogP contribution is 2.22. The first-order chi connectivity index (χ1) is 14.1. The molecule has 0 bridgehead atoms. The summed E-state index contributed by atoms with van der Waals surface area (Å²) in [7, 11) is 0. The predicted octanol–water partition coefficient (Wildman–Crippen LogP) is 3.03. The quantitative estimate of drug-likeness (QED) is 0.458. The van der Waals surface area contributed by atoms with Crippen molar-refractivity contribution in [1.29, 1.82) is 0 Å². The van der Waals surface area contributed by atoms with Crippen LogP contribution in [-0.2, 0) is 16.1 Å². The Hall–Kier alpha value is -2.23. The molecule has 1 fully saturated rings. The van der Waals surface area contributed by atoms with E-state index in [0.717, 1.165) is 19.4 Å². The molecule has 9 heteroatoms. The summed E-state index contributed by atoms with van der Waals surface area (Å²) in [5.41, 5.74) is 0.763. The van der Waals surface area contributed by atoms with Crippen molar-refractivity contribution in [2.24, 2.45) is 0 Å². The number of carbonyl (C=O) groups excluding carboxylic acids is 1. The van der Waals surface area contributed by atoms with Gasteiger partial charge in [0.1, 0.15) is 10.5 Å². The molecular weight excluding hydrogens is 413 g/mol. The molecule has 1 N–H and O–H groups in total. The molecule has 1 aromatic carbocycles. The van der Waals surface area contributed by atoms with Crippen molar-refractivity contribution in [1.82, 2.24) is 14.9 Å². The lowest BCUT2D eigenvalue weighted by Gasteiger charge is -2.13. The lowest BCUT2D eigenvalue weighted by atomic mass is 10.2. The standard InChI is InChI=1S/C20H20FN3O3S2/c21-15-6-2-1-4-13(15)11-24-19(26)18-16(7-9-28-18)23-20(24)29-12-17(25)22-10-14-5-3-8-27-14/h1-2,4,6-7,9,14H,3,5,8,10-12H2,(H,22,25). The van der Waals surface area contributed by atoms with E-state index in [9.17, 15) is 14.0 Å². The Morgan fingerprint density at radius 2 is 2.24 bits per heavy atom. The van der Waals surface area contributed by atoms with Crippen molar-refractivity contribution in [3.8, 4) is 0 Å². The minimum atomic E-state index is -0.379. The van der Waals surface area contributed by atoms with E-state index < -0.39 is 0 Å². The first kappa shape index (κ1) is 20.1. The Balaban J connectivity index is 1.53. The molecule has 2 aromatic heterocycles. The predicted molar refractivity (Wildman–Crippen MR) is 112 cm³/mol. The van der Waals surface area contributed by atoms with Gasteiger partial charge in [-0.25, -0.2) is 9.37 Å². The minimum Gasteiger partial charge on any atom is -0.376 e. The zero-order chi connectivity index (χ0) is 20.2. The van der Waals surface area contributed by atoms with Crippen LogP contribution in [0.15, 0.2) is 45.7 Å². The Kier molecular flexibility index (Phi) is 6.27. The fraction of sp³-hybridized carbons (Fsp3) is 0.350. The largest absolute Gasteiger partial charge is 0.376 e. The first-order valence-corrected chi connectivity index (χ1v) is 11.2. The first-order valence-electron chi connectivity index (χ1n) is 9.34. The van der Waals surface area contributed by atoms with Crippen molar-refractivity contribution in [3.63, 3.8) is 0 Å². The van der Waals surface area contributed by atoms with Gasteiger partial charge in [-0.1, -0.05) is 30.0 Å². The van der Waals surface area contributed by atoms with Gasteiger partial charge in [0.15, 0.2) is 5.16 Å². The number of thioether (sulfide) groups is 1. The van der Waals surface area contributed by atoms with Crippen LogP contribution in [0.5, 0.6) is 0 Å². The van der Waals surface area contributed by atoms with Gasteiger partial charge in [-0.2, -0.15) is 0 Å². The van der Waals surface area contributed by atoms with E-state index >= 15 is 0 Å². The second kappa shape index (κ2) is 9.06. The van der Waals surface area contributed by atoms with E-state index in [0.29, 0.717) is 27.5 Å². The van der Waals surface area contributed by atoms with Gasteiger partial charge in [0.05, 0.1) is 23.9 Å². The number of benzene rings is 1. The molecule has 4 rings (SSSR count). The highest BCUT2D eigenvalue weighted by molar-refractivity contribution is 7.99. The normalized spacial score (nSPS) is 16.4. The van der Waals surface area contributed by atoms with Crippen LogP contribution in [-0.4, -0.2) is 40.5 Å². The Bertz CT molecular complexity index is 1080. The van der Waals surface area contributed by atoms with Crippen LogP contribution < -0.4 is 10.9 Å². The molecule has 1 saturated heterocycles. The lowest BCUT2D eigenvalue weighted by Crippen LogP contribution is -2.33. The van der Waals surface area contributed by atoms with Crippen LogP contribution in [0.3, 0.4) is 0 Å². The summed E-state index contributed by atoms with van der Waals surface area (Å²) in [6.45, 7) is 1.28. The SMILES string of the molecule is O=C(CSc1nc2ccsc2c(=O)n1Cc1ccccc1F)NCC1CCCO1. The molecule has 6 nitrogen and oxygen atoms in total. The number of amides is 1. The van der Waals surface area contributed by atoms with Gasteiger partial charge in [0.25, 0.3) is 5.56 Å². The molecule has 0 spiro atoms. The number of hydrogen-bond acceptors (Lipinski definition) is 6. The topological polar surface area (TPSA) is 73.2 Å². The van der Waals surface area contributed by atoms with Crippen molar-refractivity contribution in [3.05, 3.63) is 57.4 Å². The van der Waals surface area contributed by atoms with Gasteiger partial charge >= 0.3 is 0 Å². The number of rotatable bonds is 7. The number of aromatic nitrogens is 2. The van der Waals surface area contributed by atoms with Gasteiger partial charge < -0.3 is 10.1 Å². The zero-order valence-corrected chi connectivity index (χ0v) is 17.2. The minimum absolute atomic E-state index is 0.0617. The number of thiophene rings is 1. The molecular formula is C20H20FN3O3S2. The summed E-state index contributed by atoms with van der Waals surface area (Å²) in [5, 5.41) is 5.06. The molecule has 1 aliphatic rings. The molecule has 1 unspecified atom stereocenters. The number of ether oxygens (including phenoxy) is 1. The maximum atomic E-state index is 14.1. The molecule has 1 atom stereocenters. The van der Waals surface area contributed by atoms with E-state index in [1.54, 1.807) is 29.6 Å². The molecule has 29 heavy (non-hydrogen) atoms. The Morgan fingerprint density at radius 1 is 1.38 bits per heavy atom. The van der Waals surface area contributed by atoms with E-state index in [1.807, 2.05) is 0 Å². The monoisotopic (exact) mass is 433 g/mol. The third-order valence-electron chi connectivity index (χ3n) is 4.70. The summed E-state index contributed by atoms with van der Waals surface area (Å²) in [6, 6.07) is 8.12. The average Bonchev–Trinajstić information content (AvgIpc) is 3.40. The maximum absolute atomic E-state index is 14.1. The third-order valence-corrected chi connectivity index (χ3v) is 6.57. The van der Waals surface area contributed by atoms with Crippen LogP contribution >= 0.6 is 23.1 Å². The number of halogens is 1. The molecule has 0 saturated carbocycles. The molecule has 1 aliphatic heterocycles. The van der Waals surface area contributed by atoms with Gasteiger partial charge in [-0.3, -0.25) is 14.2 Å². The number of fused-ring (bicyclic) bond motifs is 1. The molecule has 1 amide bonds. The third kappa shape index (κ3) is 4.68. The van der Waals surface area contributed by atoms with Crippen LogP contribution in [0, 0.1) is 5.82 Å². The van der Waals surface area contributed by atoms with Crippen molar-refractivity contribution >= 4 is 39.2 Å². The Labute approximate surface area is 175 Å². The smallest absolute Gasteiger partial charge is 0.272 e. The molecule has 3 heterocycles. The van der Waals surface area contributed by atoms with Crippen LogP contribution in [0.4, 0.5) is 4.39 Å². The second-order valence-electron chi connectivity index (χ2n) is 6.74. The van der Waals surface area contributed by atoms with Gasteiger partial charge in [-0.15, -0.1) is 11.3 Å². The molecule has 0 radical (unpaired) electrons. The second-order valence-corrected chi connectivity index (χ2v) is 8.60. The van der Waals surface area contributed by atoms with Gasteiger partial charge in [0, 0.05) is 18.7 Å². The lowest BCUT2D eigenvalue weighted by molar-refractivity contribution is -0.119. The van der Waals surface area contributed by atoms with Crippen molar-refractivity contribution in [2.75, 3.05) is 18.9 Å². The van der Waals surface area contributed by atoms with E-state index in [2.05, 4.69) is 10.3 Å². The Morgan fingerprint density at radius 3 is 3.03 bits per heavy atom. The van der Waals surface area contributed by atoms with E-state index in [4.69, 9.17) is 4.74 Å². The average molecular weight is 434 g/mol. The highest BCUT2D eigenvalue weighted by atomic mass is 32.2. The summed E-state index contributed by atoms with van der Waals surface area (Å²) in [5.74, 6) is -0.412. The summed E-state index contributed by atoms with van der Waals surface area (Å²) < 4.78 is 21.6. The van der Waals surface area contributed by atoms with Gasteiger partial charge in [0.2, 0.25) is 5.91 Å². The fourth-order valence-electron chi connectivity index (χ4n) is 3.18.